The Morgan fingerprint density at radius 3 is 2.67 bits per heavy atom. The summed E-state index contributed by atoms with van der Waals surface area (Å²) in [5.41, 5.74) is 0.894. The summed E-state index contributed by atoms with van der Waals surface area (Å²) in [4.78, 5) is 22.1. The van der Waals surface area contributed by atoms with Crippen LogP contribution in [0.15, 0.2) is 24.3 Å². The van der Waals surface area contributed by atoms with E-state index in [0.717, 1.165) is 5.56 Å². The van der Waals surface area contributed by atoms with Gasteiger partial charge in [-0.2, -0.15) is 0 Å². The second-order valence-electron chi connectivity index (χ2n) is 3.66. The van der Waals surface area contributed by atoms with Gasteiger partial charge in [0.25, 0.3) is 0 Å². The molecular formula is C12H15ClN2O3. The molecule has 1 rings (SSSR count). The minimum atomic E-state index is -0.771. The van der Waals surface area contributed by atoms with Crippen LogP contribution in [-0.2, 0) is 9.53 Å². The van der Waals surface area contributed by atoms with Crippen molar-refractivity contribution >= 4 is 23.6 Å². The second kappa shape index (κ2) is 6.98. The van der Waals surface area contributed by atoms with Gasteiger partial charge >= 0.3 is 6.09 Å². The Balaban J connectivity index is 2.47. The van der Waals surface area contributed by atoms with Gasteiger partial charge in [0.1, 0.15) is 0 Å². The van der Waals surface area contributed by atoms with Crippen molar-refractivity contribution in [2.45, 2.75) is 13.0 Å². The van der Waals surface area contributed by atoms with Gasteiger partial charge < -0.3 is 10.1 Å². The number of methoxy groups -OCH3 is 1. The van der Waals surface area contributed by atoms with E-state index in [1.165, 1.54) is 7.11 Å². The van der Waals surface area contributed by atoms with Crippen LogP contribution >= 0.6 is 11.6 Å². The van der Waals surface area contributed by atoms with E-state index in [4.69, 9.17) is 11.6 Å². The summed E-state index contributed by atoms with van der Waals surface area (Å²) < 4.78 is 4.31. The summed E-state index contributed by atoms with van der Waals surface area (Å²) >= 11 is 6.03. The Hall–Kier alpha value is -1.59. The first-order chi connectivity index (χ1) is 8.54. The van der Waals surface area contributed by atoms with Crippen LogP contribution in [0.1, 0.15) is 18.5 Å². The molecule has 18 heavy (non-hydrogen) atoms. The number of carbonyl (C=O) groups is 2. The van der Waals surface area contributed by atoms with E-state index in [0.29, 0.717) is 5.02 Å². The average Bonchev–Trinajstić information content (AvgIpc) is 2.36. The summed E-state index contributed by atoms with van der Waals surface area (Å²) in [6, 6.07) is 7.26. The molecule has 2 N–H and O–H groups in total. The molecule has 0 aliphatic carbocycles. The number of nitrogens with one attached hydrogen (secondary N) is 2. The third-order valence-electron chi connectivity index (χ3n) is 2.37. The topological polar surface area (TPSA) is 67.4 Å². The number of amides is 2. The highest BCUT2D eigenvalue weighted by Crippen LogP contribution is 2.21. The Labute approximate surface area is 110 Å². The molecule has 0 unspecified atom stereocenters. The molecule has 0 radical (unpaired) electrons. The average molecular weight is 271 g/mol. The zero-order chi connectivity index (χ0) is 13.5. The van der Waals surface area contributed by atoms with Crippen LogP contribution in [-0.4, -0.2) is 25.7 Å². The molecule has 6 heteroatoms. The monoisotopic (exact) mass is 270 g/mol. The standard InChI is InChI=1S/C12H15ClN2O3/c1-8(9-5-3-4-6-10(9)13)14-7-11(16)15-12(17)18-2/h3-6,8,14H,7H2,1-2H3,(H,15,16,17)/t8-/m1/s1. The van der Waals surface area contributed by atoms with Crippen molar-refractivity contribution in [3.05, 3.63) is 34.9 Å². The fourth-order valence-corrected chi connectivity index (χ4v) is 1.69. The maximum absolute atomic E-state index is 11.3. The molecule has 0 heterocycles. The van der Waals surface area contributed by atoms with Crippen molar-refractivity contribution in [3.8, 4) is 0 Å². The van der Waals surface area contributed by atoms with Crippen molar-refractivity contribution in [1.82, 2.24) is 10.6 Å². The van der Waals surface area contributed by atoms with Gasteiger partial charge in [0, 0.05) is 11.1 Å². The predicted octanol–water partition coefficient (Wildman–Crippen LogP) is 1.87. The lowest BCUT2D eigenvalue weighted by atomic mass is 10.1. The third-order valence-corrected chi connectivity index (χ3v) is 2.71. The second-order valence-corrected chi connectivity index (χ2v) is 4.07. The van der Waals surface area contributed by atoms with Gasteiger partial charge in [0.15, 0.2) is 0 Å². The number of benzene rings is 1. The molecule has 0 aliphatic heterocycles. The molecular weight excluding hydrogens is 256 g/mol. The normalized spacial score (nSPS) is 11.7. The van der Waals surface area contributed by atoms with Crippen molar-refractivity contribution < 1.29 is 14.3 Å². The zero-order valence-electron chi connectivity index (χ0n) is 10.2. The van der Waals surface area contributed by atoms with Gasteiger partial charge in [-0.3, -0.25) is 10.1 Å². The number of alkyl carbamates (subject to hydrolysis) is 1. The fraction of sp³-hybridized carbons (Fsp3) is 0.333. The van der Waals surface area contributed by atoms with E-state index in [-0.39, 0.29) is 12.6 Å². The first-order valence-electron chi connectivity index (χ1n) is 5.40. The number of halogens is 1. The van der Waals surface area contributed by atoms with Crippen molar-refractivity contribution in [2.24, 2.45) is 0 Å². The van der Waals surface area contributed by atoms with Crippen LogP contribution in [0.5, 0.6) is 0 Å². The number of ether oxygens (including phenoxy) is 1. The molecule has 0 bridgehead atoms. The lowest BCUT2D eigenvalue weighted by molar-refractivity contribution is -0.119. The summed E-state index contributed by atoms with van der Waals surface area (Å²) in [7, 11) is 1.20. The number of carbonyl (C=O) groups excluding carboxylic acids is 2. The van der Waals surface area contributed by atoms with Gasteiger partial charge in [-0.1, -0.05) is 29.8 Å². The quantitative estimate of drug-likeness (QED) is 0.877. The summed E-state index contributed by atoms with van der Waals surface area (Å²) in [6.07, 6.45) is -0.771. The van der Waals surface area contributed by atoms with Gasteiger partial charge in [-0.25, -0.2) is 4.79 Å². The van der Waals surface area contributed by atoms with Crippen LogP contribution < -0.4 is 10.6 Å². The molecule has 98 valence electrons. The minimum Gasteiger partial charge on any atom is -0.453 e. The third kappa shape index (κ3) is 4.35. The molecule has 0 saturated heterocycles. The van der Waals surface area contributed by atoms with Crippen LogP contribution in [0.25, 0.3) is 0 Å². The lowest BCUT2D eigenvalue weighted by Gasteiger charge is -2.15. The predicted molar refractivity (Wildman–Crippen MR) is 68.4 cm³/mol. The van der Waals surface area contributed by atoms with Crippen molar-refractivity contribution in [1.29, 1.82) is 0 Å². The summed E-state index contributed by atoms with van der Waals surface area (Å²) in [6.45, 7) is 1.88. The first-order valence-corrected chi connectivity index (χ1v) is 5.78. The Bertz CT molecular complexity index is 437. The van der Waals surface area contributed by atoms with Gasteiger partial charge in [-0.15, -0.1) is 0 Å². The highest BCUT2D eigenvalue weighted by Gasteiger charge is 2.12. The number of hydrogen-bond donors (Lipinski definition) is 2. The maximum atomic E-state index is 11.3. The molecule has 1 aromatic carbocycles. The van der Waals surface area contributed by atoms with Gasteiger partial charge in [0.05, 0.1) is 13.7 Å². The van der Waals surface area contributed by atoms with E-state index in [1.807, 2.05) is 25.1 Å². The smallest absolute Gasteiger partial charge is 0.413 e. The molecule has 0 aromatic heterocycles. The van der Waals surface area contributed by atoms with Crippen LogP contribution in [0.2, 0.25) is 5.02 Å². The molecule has 1 aromatic rings. The Morgan fingerprint density at radius 2 is 2.06 bits per heavy atom. The van der Waals surface area contributed by atoms with E-state index < -0.39 is 12.0 Å². The molecule has 0 aliphatic rings. The lowest BCUT2D eigenvalue weighted by Crippen LogP contribution is -2.38. The molecule has 5 nitrogen and oxygen atoms in total. The maximum Gasteiger partial charge on any atom is 0.413 e. The first kappa shape index (κ1) is 14.5. The number of imide groups is 1. The number of hydrogen-bond acceptors (Lipinski definition) is 4. The zero-order valence-corrected chi connectivity index (χ0v) is 11.0. The SMILES string of the molecule is COC(=O)NC(=O)CN[C@H](C)c1ccccc1Cl. The van der Waals surface area contributed by atoms with Crippen molar-refractivity contribution in [3.63, 3.8) is 0 Å². The molecule has 0 spiro atoms. The van der Waals surface area contributed by atoms with E-state index in [2.05, 4.69) is 15.4 Å². The van der Waals surface area contributed by atoms with Crippen LogP contribution in [0.4, 0.5) is 4.79 Å². The summed E-state index contributed by atoms with van der Waals surface area (Å²) in [5, 5.41) is 5.65. The number of rotatable bonds is 4. The Kier molecular flexibility index (Phi) is 5.61. The van der Waals surface area contributed by atoms with E-state index in [1.54, 1.807) is 6.07 Å². The molecule has 1 atom stereocenters. The molecule has 0 saturated carbocycles. The molecule has 2 amide bonds. The largest absolute Gasteiger partial charge is 0.453 e. The van der Waals surface area contributed by atoms with Crippen LogP contribution in [0.3, 0.4) is 0 Å². The Morgan fingerprint density at radius 1 is 1.39 bits per heavy atom. The van der Waals surface area contributed by atoms with E-state index in [9.17, 15) is 9.59 Å². The van der Waals surface area contributed by atoms with Crippen molar-refractivity contribution in [2.75, 3.05) is 13.7 Å². The molecule has 0 fully saturated rings. The highest BCUT2D eigenvalue weighted by atomic mass is 35.5. The van der Waals surface area contributed by atoms with Gasteiger partial charge in [-0.05, 0) is 18.6 Å². The minimum absolute atomic E-state index is 0.00148. The van der Waals surface area contributed by atoms with Gasteiger partial charge in [0.2, 0.25) is 5.91 Å². The van der Waals surface area contributed by atoms with Crippen LogP contribution in [0, 0.1) is 0 Å². The fourth-order valence-electron chi connectivity index (χ4n) is 1.39. The highest BCUT2D eigenvalue weighted by molar-refractivity contribution is 6.31. The summed E-state index contributed by atoms with van der Waals surface area (Å²) in [5.74, 6) is -0.458. The van der Waals surface area contributed by atoms with E-state index >= 15 is 0 Å².